The molecule has 6 rings (SSSR count). The second-order valence-electron chi connectivity index (χ2n) is 9.97. The maximum absolute atomic E-state index is 12.6. The van der Waals surface area contributed by atoms with Crippen LogP contribution >= 0.6 is 0 Å². The summed E-state index contributed by atoms with van der Waals surface area (Å²) in [5, 5.41) is 3.36. The third-order valence-corrected chi connectivity index (χ3v) is 7.39. The molecule has 0 aliphatic carbocycles. The molecule has 5 aromatic rings. The van der Waals surface area contributed by atoms with Crippen molar-refractivity contribution in [2.75, 3.05) is 50.7 Å². The van der Waals surface area contributed by atoms with E-state index in [0.29, 0.717) is 31.3 Å². The van der Waals surface area contributed by atoms with Gasteiger partial charge in [0.25, 0.3) is 0 Å². The number of esters is 1. The molecule has 0 amide bonds. The Hall–Kier alpha value is -5.16. The van der Waals surface area contributed by atoms with Gasteiger partial charge in [0.15, 0.2) is 17.3 Å². The Morgan fingerprint density at radius 1 is 0.977 bits per heavy atom. The highest BCUT2D eigenvalue weighted by Crippen LogP contribution is 2.47. The molecule has 1 aliphatic rings. The monoisotopic (exact) mass is 580 g/mol. The minimum absolute atomic E-state index is 0.0740. The minimum atomic E-state index is -0.593. The van der Waals surface area contributed by atoms with Gasteiger partial charge in [0.1, 0.15) is 12.4 Å². The van der Waals surface area contributed by atoms with Gasteiger partial charge in [0.05, 0.1) is 61.7 Å². The number of nitrogens with zero attached hydrogens (tertiary/aromatic N) is 5. The number of morpholine rings is 1. The molecule has 2 aromatic heterocycles. The molecule has 0 saturated carbocycles. The number of imidazole rings is 1. The fourth-order valence-corrected chi connectivity index (χ4v) is 5.18. The standard InChI is InChI=1S/C32H32N6O5/c1-37-20-35-28-23(5-4-6-25(28)37)27-24(36-31-29(32(39)41-3)33-13-14-34-31)11-12-26(38-15-17-42-18-16-38)30(27)43-19-21-7-9-22(40-2)10-8-21/h4-14,20H,15-19H2,1-3H3,(H,34,36). The molecule has 1 fully saturated rings. The average Bonchev–Trinajstić information content (AvgIpc) is 3.45. The lowest BCUT2D eigenvalue weighted by Crippen LogP contribution is -2.36. The first-order chi connectivity index (χ1) is 21.1. The largest absolute Gasteiger partial charge is 0.497 e. The molecule has 0 radical (unpaired) electrons. The Kier molecular flexibility index (Phi) is 8.05. The Morgan fingerprint density at radius 3 is 2.53 bits per heavy atom. The highest BCUT2D eigenvalue weighted by Gasteiger charge is 2.26. The number of methoxy groups -OCH3 is 2. The number of aryl methyl sites for hydroxylation is 1. The van der Waals surface area contributed by atoms with Crippen molar-refractivity contribution in [3.05, 3.63) is 84.6 Å². The van der Waals surface area contributed by atoms with Crippen molar-refractivity contribution in [3.8, 4) is 22.6 Å². The molecule has 3 aromatic carbocycles. The summed E-state index contributed by atoms with van der Waals surface area (Å²) in [6, 6.07) is 17.8. The first-order valence-electron chi connectivity index (χ1n) is 13.9. The van der Waals surface area contributed by atoms with Crippen molar-refractivity contribution >= 4 is 34.2 Å². The van der Waals surface area contributed by atoms with Crippen molar-refractivity contribution in [2.24, 2.45) is 7.05 Å². The zero-order chi connectivity index (χ0) is 29.8. The van der Waals surface area contributed by atoms with Crippen LogP contribution in [0.2, 0.25) is 0 Å². The van der Waals surface area contributed by atoms with Crippen LogP contribution < -0.4 is 19.7 Å². The number of benzene rings is 3. The average molecular weight is 581 g/mol. The van der Waals surface area contributed by atoms with Crippen LogP contribution in [0.15, 0.2) is 73.3 Å². The third-order valence-electron chi connectivity index (χ3n) is 7.39. The lowest BCUT2D eigenvalue weighted by atomic mass is 9.98. The SMILES string of the molecule is COC(=O)c1nccnc1Nc1ccc(N2CCOCC2)c(OCc2ccc(OC)cc2)c1-c1cccc2c1ncn2C. The smallest absolute Gasteiger partial charge is 0.360 e. The number of aromatic nitrogens is 4. The van der Waals surface area contributed by atoms with Gasteiger partial charge in [0.2, 0.25) is 0 Å². The van der Waals surface area contributed by atoms with E-state index in [9.17, 15) is 4.79 Å². The number of carbonyl (C=O) groups excluding carboxylic acids is 1. The molecule has 0 bridgehead atoms. The molecule has 220 valence electrons. The van der Waals surface area contributed by atoms with E-state index in [4.69, 9.17) is 23.9 Å². The number of carbonyl (C=O) groups is 1. The van der Waals surface area contributed by atoms with Gasteiger partial charge in [-0.05, 0) is 35.9 Å². The van der Waals surface area contributed by atoms with Crippen LogP contribution in [0.3, 0.4) is 0 Å². The highest BCUT2D eigenvalue weighted by atomic mass is 16.5. The molecule has 1 N–H and O–H groups in total. The van der Waals surface area contributed by atoms with Gasteiger partial charge in [-0.25, -0.2) is 19.7 Å². The second kappa shape index (κ2) is 12.4. The molecule has 11 nitrogen and oxygen atoms in total. The summed E-state index contributed by atoms with van der Waals surface area (Å²) in [7, 11) is 4.92. The van der Waals surface area contributed by atoms with Crippen molar-refractivity contribution in [1.29, 1.82) is 0 Å². The van der Waals surface area contributed by atoms with Crippen LogP contribution in [-0.4, -0.2) is 66.0 Å². The van der Waals surface area contributed by atoms with Gasteiger partial charge in [-0.2, -0.15) is 0 Å². The Morgan fingerprint density at radius 2 is 1.77 bits per heavy atom. The van der Waals surface area contributed by atoms with Crippen LogP contribution in [0.5, 0.6) is 11.5 Å². The summed E-state index contributed by atoms with van der Waals surface area (Å²) < 4.78 is 24.7. The molecule has 0 spiro atoms. The topological polar surface area (TPSA) is 113 Å². The van der Waals surface area contributed by atoms with Crippen LogP contribution in [-0.2, 0) is 23.1 Å². The van der Waals surface area contributed by atoms with E-state index in [1.54, 1.807) is 13.4 Å². The zero-order valence-electron chi connectivity index (χ0n) is 24.2. The number of hydrogen-bond acceptors (Lipinski definition) is 10. The molecule has 11 heteroatoms. The van der Waals surface area contributed by atoms with E-state index >= 15 is 0 Å². The number of fused-ring (bicyclic) bond motifs is 1. The van der Waals surface area contributed by atoms with Crippen LogP contribution in [0.1, 0.15) is 16.1 Å². The Labute approximate surface area is 249 Å². The van der Waals surface area contributed by atoms with E-state index in [1.807, 2.05) is 66.2 Å². The number of ether oxygens (including phenoxy) is 4. The molecule has 1 saturated heterocycles. The van der Waals surface area contributed by atoms with Gasteiger partial charge in [-0.1, -0.05) is 24.3 Å². The van der Waals surface area contributed by atoms with Gasteiger partial charge >= 0.3 is 5.97 Å². The summed E-state index contributed by atoms with van der Waals surface area (Å²) in [6.07, 6.45) is 4.78. The lowest BCUT2D eigenvalue weighted by Gasteiger charge is -2.32. The first kappa shape index (κ1) is 28.0. The number of nitrogens with one attached hydrogen (secondary N) is 1. The number of para-hydroxylation sites is 1. The number of rotatable bonds is 9. The van der Waals surface area contributed by atoms with Crippen molar-refractivity contribution in [1.82, 2.24) is 19.5 Å². The van der Waals surface area contributed by atoms with Gasteiger partial charge in [0, 0.05) is 38.1 Å². The summed E-state index contributed by atoms with van der Waals surface area (Å²) in [4.78, 5) is 28.2. The third kappa shape index (κ3) is 5.67. The van der Waals surface area contributed by atoms with Gasteiger partial charge in [-0.3, -0.25) is 0 Å². The van der Waals surface area contributed by atoms with E-state index in [1.165, 1.54) is 19.5 Å². The summed E-state index contributed by atoms with van der Waals surface area (Å²) in [5.74, 6) is 1.12. The molecule has 3 heterocycles. The van der Waals surface area contributed by atoms with E-state index in [-0.39, 0.29) is 11.5 Å². The van der Waals surface area contributed by atoms with Crippen LogP contribution in [0.4, 0.5) is 17.2 Å². The van der Waals surface area contributed by atoms with Crippen molar-refractivity contribution in [2.45, 2.75) is 6.61 Å². The first-order valence-corrected chi connectivity index (χ1v) is 13.9. The minimum Gasteiger partial charge on any atom is -0.497 e. The Bertz CT molecular complexity index is 1750. The maximum atomic E-state index is 12.6. The van der Waals surface area contributed by atoms with E-state index in [0.717, 1.165) is 52.3 Å². The van der Waals surface area contributed by atoms with E-state index in [2.05, 4.69) is 20.2 Å². The molecular formula is C32H32N6O5. The Balaban J connectivity index is 1.55. The highest BCUT2D eigenvalue weighted by molar-refractivity contribution is 6.02. The maximum Gasteiger partial charge on any atom is 0.360 e. The quantitative estimate of drug-likeness (QED) is 0.239. The van der Waals surface area contributed by atoms with Crippen molar-refractivity contribution in [3.63, 3.8) is 0 Å². The summed E-state index contributed by atoms with van der Waals surface area (Å²) in [6.45, 7) is 2.98. The molecule has 0 atom stereocenters. The fraction of sp³-hybridized carbons (Fsp3) is 0.250. The number of hydrogen-bond donors (Lipinski definition) is 1. The van der Waals surface area contributed by atoms with E-state index < -0.39 is 5.97 Å². The molecule has 0 unspecified atom stereocenters. The molecule has 43 heavy (non-hydrogen) atoms. The summed E-state index contributed by atoms with van der Waals surface area (Å²) >= 11 is 0. The fourth-order valence-electron chi connectivity index (χ4n) is 5.18. The predicted octanol–water partition coefficient (Wildman–Crippen LogP) is 4.98. The van der Waals surface area contributed by atoms with Gasteiger partial charge in [-0.15, -0.1) is 0 Å². The van der Waals surface area contributed by atoms with Gasteiger partial charge < -0.3 is 33.7 Å². The van der Waals surface area contributed by atoms with Crippen LogP contribution in [0, 0.1) is 0 Å². The normalized spacial score (nSPS) is 13.1. The summed E-state index contributed by atoms with van der Waals surface area (Å²) in [5.41, 5.74) is 6.08. The number of anilines is 3. The van der Waals surface area contributed by atoms with Crippen molar-refractivity contribution < 1.29 is 23.7 Å². The molecule has 1 aliphatic heterocycles. The second-order valence-corrected chi connectivity index (χ2v) is 9.97. The lowest BCUT2D eigenvalue weighted by molar-refractivity contribution is 0.0595. The predicted molar refractivity (Wildman–Crippen MR) is 163 cm³/mol. The van der Waals surface area contributed by atoms with Crippen LogP contribution in [0.25, 0.3) is 22.2 Å². The molecular weight excluding hydrogens is 548 g/mol. The zero-order valence-corrected chi connectivity index (χ0v) is 24.2.